The van der Waals surface area contributed by atoms with Gasteiger partial charge in [-0.25, -0.2) is 9.18 Å². The van der Waals surface area contributed by atoms with Crippen molar-refractivity contribution in [2.24, 2.45) is 5.73 Å². The van der Waals surface area contributed by atoms with E-state index in [1.54, 1.807) is 6.92 Å². The fourth-order valence-electron chi connectivity index (χ4n) is 1.34. The van der Waals surface area contributed by atoms with E-state index < -0.39 is 29.7 Å². The normalized spacial score (nSPS) is 14.1. The fourth-order valence-corrected chi connectivity index (χ4v) is 1.34. The van der Waals surface area contributed by atoms with Gasteiger partial charge in [0.1, 0.15) is 0 Å². The van der Waals surface area contributed by atoms with E-state index >= 15 is 0 Å². The predicted molar refractivity (Wildman–Crippen MR) is 58.2 cm³/mol. The van der Waals surface area contributed by atoms with E-state index in [0.717, 1.165) is 0 Å². The largest absolute Gasteiger partial charge is 0.504 e. The molecule has 0 saturated carbocycles. The molecule has 0 aliphatic carbocycles. The van der Waals surface area contributed by atoms with Crippen molar-refractivity contribution in [1.29, 1.82) is 0 Å². The van der Waals surface area contributed by atoms with Crippen LogP contribution in [-0.4, -0.2) is 29.0 Å². The van der Waals surface area contributed by atoms with Crippen LogP contribution in [0.3, 0.4) is 0 Å². The Balaban J connectivity index is 2.92. The van der Waals surface area contributed by atoms with Crippen LogP contribution in [0, 0.1) is 0 Å². The number of phenolic OH excluding ortho intramolecular Hbond substituents is 2. The number of phenols is 2. The molecule has 0 bridgehead atoms. The molecule has 0 amide bonds. The second-order valence-electron chi connectivity index (χ2n) is 3.39. The van der Waals surface area contributed by atoms with Crippen molar-refractivity contribution in [2.45, 2.75) is 19.1 Å². The minimum absolute atomic E-state index is 0.0397. The summed E-state index contributed by atoms with van der Waals surface area (Å²) >= 11 is 0. The highest BCUT2D eigenvalue weighted by molar-refractivity contribution is 5.76. The van der Waals surface area contributed by atoms with Gasteiger partial charge in [0.2, 0.25) is 6.17 Å². The highest BCUT2D eigenvalue weighted by Crippen LogP contribution is 2.33. The minimum atomic E-state index is -2.09. The SMILES string of the molecule is CCOC(=O)C(F)[C@@H](N)c1cccc(O)c1O. The molecule has 1 rings (SSSR count). The molecule has 0 aliphatic heterocycles. The van der Waals surface area contributed by atoms with Crippen LogP contribution in [-0.2, 0) is 9.53 Å². The first kappa shape index (κ1) is 13.2. The highest BCUT2D eigenvalue weighted by atomic mass is 19.1. The molecule has 0 heterocycles. The lowest BCUT2D eigenvalue weighted by Crippen LogP contribution is -2.31. The molecule has 94 valence electrons. The molecule has 4 N–H and O–H groups in total. The number of nitrogens with two attached hydrogens (primary N) is 1. The highest BCUT2D eigenvalue weighted by Gasteiger charge is 2.30. The second kappa shape index (κ2) is 5.49. The maximum atomic E-state index is 13.6. The van der Waals surface area contributed by atoms with Crippen LogP contribution in [0.4, 0.5) is 4.39 Å². The van der Waals surface area contributed by atoms with Crippen molar-refractivity contribution in [3.8, 4) is 11.5 Å². The molecule has 1 aromatic carbocycles. The summed E-state index contributed by atoms with van der Waals surface area (Å²) in [4.78, 5) is 11.1. The maximum absolute atomic E-state index is 13.6. The molecule has 0 spiro atoms. The summed E-state index contributed by atoms with van der Waals surface area (Å²) in [6.07, 6.45) is -2.09. The molecule has 1 aromatic rings. The van der Waals surface area contributed by atoms with E-state index in [1.165, 1.54) is 18.2 Å². The lowest BCUT2D eigenvalue weighted by molar-refractivity contribution is -0.149. The van der Waals surface area contributed by atoms with Gasteiger partial charge in [-0.15, -0.1) is 0 Å². The zero-order chi connectivity index (χ0) is 13.0. The van der Waals surface area contributed by atoms with Gasteiger partial charge in [-0.05, 0) is 13.0 Å². The summed E-state index contributed by atoms with van der Waals surface area (Å²) < 4.78 is 18.1. The molecule has 1 unspecified atom stereocenters. The number of halogens is 1. The molecule has 6 heteroatoms. The summed E-state index contributed by atoms with van der Waals surface area (Å²) in [5.41, 5.74) is 5.44. The van der Waals surface area contributed by atoms with Gasteiger partial charge in [-0.2, -0.15) is 0 Å². The number of rotatable bonds is 4. The van der Waals surface area contributed by atoms with Crippen LogP contribution in [0.25, 0.3) is 0 Å². The van der Waals surface area contributed by atoms with Crippen LogP contribution >= 0.6 is 0 Å². The van der Waals surface area contributed by atoms with Crippen molar-refractivity contribution in [3.05, 3.63) is 23.8 Å². The lowest BCUT2D eigenvalue weighted by Gasteiger charge is -2.17. The first-order chi connectivity index (χ1) is 7.99. The van der Waals surface area contributed by atoms with E-state index in [2.05, 4.69) is 4.74 Å². The van der Waals surface area contributed by atoms with Crippen molar-refractivity contribution >= 4 is 5.97 Å². The van der Waals surface area contributed by atoms with Crippen molar-refractivity contribution in [2.75, 3.05) is 6.61 Å². The molecule has 0 aliphatic rings. The lowest BCUT2D eigenvalue weighted by atomic mass is 10.0. The molecule has 0 aromatic heterocycles. The molecular formula is C11H14FNO4. The quantitative estimate of drug-likeness (QED) is 0.542. The number of aromatic hydroxyl groups is 2. The number of para-hydroxylation sites is 1. The van der Waals surface area contributed by atoms with E-state index in [1.807, 2.05) is 0 Å². The van der Waals surface area contributed by atoms with Crippen molar-refractivity contribution in [3.63, 3.8) is 0 Å². The number of alkyl halides is 1. The van der Waals surface area contributed by atoms with Crippen molar-refractivity contribution < 1.29 is 24.1 Å². The van der Waals surface area contributed by atoms with E-state index in [9.17, 15) is 19.4 Å². The van der Waals surface area contributed by atoms with Gasteiger partial charge < -0.3 is 20.7 Å². The zero-order valence-electron chi connectivity index (χ0n) is 9.26. The Morgan fingerprint density at radius 3 is 2.76 bits per heavy atom. The molecule has 0 saturated heterocycles. The minimum Gasteiger partial charge on any atom is -0.504 e. The first-order valence-corrected chi connectivity index (χ1v) is 5.06. The van der Waals surface area contributed by atoms with Gasteiger partial charge in [0.05, 0.1) is 12.6 Å². The number of benzene rings is 1. The Morgan fingerprint density at radius 2 is 2.18 bits per heavy atom. The summed E-state index contributed by atoms with van der Waals surface area (Å²) in [6.45, 7) is 1.58. The van der Waals surface area contributed by atoms with Gasteiger partial charge in [-0.1, -0.05) is 12.1 Å². The molecule has 5 nitrogen and oxygen atoms in total. The predicted octanol–water partition coefficient (Wildman–Crippen LogP) is 0.999. The average Bonchev–Trinajstić information content (AvgIpc) is 2.31. The van der Waals surface area contributed by atoms with Crippen molar-refractivity contribution in [1.82, 2.24) is 0 Å². The molecule has 2 atom stereocenters. The van der Waals surface area contributed by atoms with Gasteiger partial charge in [0, 0.05) is 5.56 Å². The van der Waals surface area contributed by atoms with Crippen LogP contribution in [0.1, 0.15) is 18.5 Å². The van der Waals surface area contributed by atoms with Gasteiger partial charge in [0.25, 0.3) is 0 Å². The maximum Gasteiger partial charge on any atom is 0.342 e. The Kier molecular flexibility index (Phi) is 4.28. The molecule has 0 radical (unpaired) electrons. The molecular weight excluding hydrogens is 229 g/mol. The Bertz CT molecular complexity index is 410. The Labute approximate surface area is 97.6 Å². The van der Waals surface area contributed by atoms with Gasteiger partial charge in [-0.3, -0.25) is 0 Å². The zero-order valence-corrected chi connectivity index (χ0v) is 9.26. The van der Waals surface area contributed by atoms with Gasteiger partial charge in [0.15, 0.2) is 11.5 Å². The number of hydrogen-bond acceptors (Lipinski definition) is 5. The first-order valence-electron chi connectivity index (χ1n) is 5.06. The third-order valence-electron chi connectivity index (χ3n) is 2.23. The average molecular weight is 243 g/mol. The number of esters is 1. The van der Waals surface area contributed by atoms with E-state index in [0.29, 0.717) is 0 Å². The monoisotopic (exact) mass is 243 g/mol. The van der Waals surface area contributed by atoms with E-state index in [-0.39, 0.29) is 12.2 Å². The standard InChI is InChI=1S/C11H14FNO4/c1-2-17-11(16)8(12)9(13)6-4-3-5-7(14)10(6)15/h3-5,8-9,14-15H,2,13H2,1H3/t8?,9-/m0/s1. The summed E-state index contributed by atoms with van der Waals surface area (Å²) in [6, 6.07) is 2.55. The Morgan fingerprint density at radius 1 is 1.53 bits per heavy atom. The number of carbonyl (C=O) groups is 1. The Hall–Kier alpha value is -1.82. The molecule has 0 fully saturated rings. The van der Waals surface area contributed by atoms with Crippen LogP contribution in [0.5, 0.6) is 11.5 Å². The number of carbonyl (C=O) groups excluding carboxylic acids is 1. The third kappa shape index (κ3) is 2.85. The van der Waals surface area contributed by atoms with E-state index in [4.69, 9.17) is 5.73 Å². The summed E-state index contributed by atoms with van der Waals surface area (Å²) in [7, 11) is 0. The third-order valence-corrected chi connectivity index (χ3v) is 2.23. The van der Waals surface area contributed by atoms with Crippen LogP contribution in [0.2, 0.25) is 0 Å². The number of ether oxygens (including phenoxy) is 1. The number of hydrogen-bond donors (Lipinski definition) is 3. The van der Waals surface area contributed by atoms with Crippen LogP contribution < -0.4 is 5.73 Å². The fraction of sp³-hybridized carbons (Fsp3) is 0.364. The summed E-state index contributed by atoms with van der Waals surface area (Å²) in [5, 5.41) is 18.7. The molecule has 17 heavy (non-hydrogen) atoms. The summed E-state index contributed by atoms with van der Waals surface area (Å²) in [5.74, 6) is -2.05. The smallest absolute Gasteiger partial charge is 0.342 e. The second-order valence-corrected chi connectivity index (χ2v) is 3.39. The topological polar surface area (TPSA) is 92.8 Å². The van der Waals surface area contributed by atoms with Gasteiger partial charge >= 0.3 is 5.97 Å². The van der Waals surface area contributed by atoms with Crippen LogP contribution in [0.15, 0.2) is 18.2 Å².